The van der Waals surface area contributed by atoms with Gasteiger partial charge in [0, 0.05) is 21.6 Å². The number of hydrogen-bond donors (Lipinski definition) is 1. The Morgan fingerprint density at radius 1 is 1.07 bits per heavy atom. The first kappa shape index (κ1) is 18.7. The summed E-state index contributed by atoms with van der Waals surface area (Å²) in [5.41, 5.74) is 6.32. The van der Waals surface area contributed by atoms with Gasteiger partial charge in [-0.15, -0.1) is 11.3 Å². The monoisotopic (exact) mass is 450 g/mol. The van der Waals surface area contributed by atoms with Crippen LogP contribution in [0.1, 0.15) is 16.8 Å². The van der Waals surface area contributed by atoms with Crippen LogP contribution in [0.4, 0.5) is 5.69 Å². The van der Waals surface area contributed by atoms with Gasteiger partial charge in [-0.3, -0.25) is 0 Å². The third-order valence-electron chi connectivity index (χ3n) is 4.32. The van der Waals surface area contributed by atoms with Gasteiger partial charge in [-0.05, 0) is 55.3 Å². The number of nitrogens with one attached hydrogen (secondary N) is 1. The maximum Gasteiger partial charge on any atom is 0.211 e. The molecule has 2 aromatic carbocycles. The quantitative estimate of drug-likeness (QED) is 0.368. The molecule has 0 unspecified atom stereocenters. The minimum absolute atomic E-state index is 0.825. The van der Waals surface area contributed by atoms with Gasteiger partial charge in [-0.1, -0.05) is 40.2 Å². The van der Waals surface area contributed by atoms with Crippen LogP contribution in [0, 0.1) is 13.8 Å². The van der Waals surface area contributed by atoms with Crippen molar-refractivity contribution in [3.63, 3.8) is 0 Å². The van der Waals surface area contributed by atoms with Crippen LogP contribution < -0.4 is 4.80 Å². The molecule has 4 rings (SSSR count). The molecule has 0 saturated carbocycles. The van der Waals surface area contributed by atoms with Crippen LogP contribution in [-0.2, 0) is 0 Å². The minimum Gasteiger partial charge on any atom is -0.360 e. The summed E-state index contributed by atoms with van der Waals surface area (Å²) < 4.78 is 2.93. The van der Waals surface area contributed by atoms with Crippen molar-refractivity contribution in [3.8, 4) is 11.3 Å². The highest BCUT2D eigenvalue weighted by Gasteiger charge is 2.09. The van der Waals surface area contributed by atoms with Gasteiger partial charge in [0.25, 0.3) is 0 Å². The van der Waals surface area contributed by atoms with Crippen LogP contribution in [0.3, 0.4) is 0 Å². The summed E-state index contributed by atoms with van der Waals surface area (Å²) >= 11 is 5.14. The van der Waals surface area contributed by atoms with Crippen LogP contribution in [0.5, 0.6) is 0 Å². The van der Waals surface area contributed by atoms with Crippen LogP contribution in [0.2, 0.25) is 0 Å². The van der Waals surface area contributed by atoms with Crippen LogP contribution in [0.25, 0.3) is 11.3 Å². The van der Waals surface area contributed by atoms with E-state index in [1.165, 1.54) is 5.56 Å². The number of benzene rings is 2. The molecular formula is C22H19BrN4S. The van der Waals surface area contributed by atoms with E-state index in [0.717, 1.165) is 37.5 Å². The van der Waals surface area contributed by atoms with Crippen molar-refractivity contribution in [2.24, 2.45) is 10.1 Å². The first-order valence-corrected chi connectivity index (χ1v) is 10.5. The third kappa shape index (κ3) is 4.08. The fourth-order valence-electron chi connectivity index (χ4n) is 2.82. The first-order chi connectivity index (χ1) is 13.6. The van der Waals surface area contributed by atoms with Crippen molar-refractivity contribution in [2.75, 3.05) is 0 Å². The molecule has 0 fully saturated rings. The SMILES string of the molecule is Cc1ccc(C)c(N=c2scc(-c3cccc(Br)c3)n2N=Cc2ccc[nH]2)c1. The molecule has 0 aliphatic rings. The molecular weight excluding hydrogens is 432 g/mol. The average Bonchev–Trinajstić information content (AvgIpc) is 3.33. The summed E-state index contributed by atoms with van der Waals surface area (Å²) in [5, 5.41) is 6.82. The van der Waals surface area contributed by atoms with Gasteiger partial charge in [-0.2, -0.15) is 5.10 Å². The minimum atomic E-state index is 0.825. The van der Waals surface area contributed by atoms with Crippen molar-refractivity contribution < 1.29 is 0 Å². The summed E-state index contributed by atoms with van der Waals surface area (Å²) in [4.78, 5) is 8.90. The lowest BCUT2D eigenvalue weighted by Gasteiger charge is -2.05. The standard InChI is InChI=1S/C22H19BrN4S/c1-15-8-9-16(2)20(11-15)26-22-27(25-13-19-7-4-10-24-19)21(14-28-22)17-5-3-6-18(23)12-17/h3-14,24H,1-2H3. The van der Waals surface area contributed by atoms with E-state index in [2.05, 4.69) is 70.5 Å². The highest BCUT2D eigenvalue weighted by Crippen LogP contribution is 2.25. The highest BCUT2D eigenvalue weighted by atomic mass is 79.9. The molecule has 0 radical (unpaired) electrons. The van der Waals surface area contributed by atoms with Crippen molar-refractivity contribution in [3.05, 3.63) is 92.3 Å². The van der Waals surface area contributed by atoms with Crippen molar-refractivity contribution in [2.45, 2.75) is 13.8 Å². The number of aromatic nitrogens is 2. The molecule has 1 N–H and O–H groups in total. The lowest BCUT2D eigenvalue weighted by molar-refractivity contribution is 0.853. The zero-order valence-corrected chi connectivity index (χ0v) is 18.0. The Hall–Kier alpha value is -2.70. The molecule has 140 valence electrons. The Balaban J connectivity index is 1.89. The molecule has 4 nitrogen and oxygen atoms in total. The Morgan fingerprint density at radius 3 is 2.75 bits per heavy atom. The summed E-state index contributed by atoms with van der Waals surface area (Å²) in [6.45, 7) is 4.16. The second kappa shape index (κ2) is 8.12. The molecule has 4 aromatic rings. The molecule has 0 atom stereocenters. The van der Waals surface area contributed by atoms with E-state index in [4.69, 9.17) is 10.1 Å². The maximum atomic E-state index is 4.92. The van der Waals surface area contributed by atoms with Crippen LogP contribution >= 0.6 is 27.3 Å². The van der Waals surface area contributed by atoms with E-state index in [1.54, 1.807) is 11.3 Å². The normalized spacial score (nSPS) is 12.2. The first-order valence-electron chi connectivity index (χ1n) is 8.86. The van der Waals surface area contributed by atoms with Gasteiger partial charge in [0.2, 0.25) is 4.80 Å². The largest absolute Gasteiger partial charge is 0.360 e. The number of aromatic amines is 1. The second-order valence-corrected chi connectivity index (χ2v) is 8.25. The molecule has 0 bridgehead atoms. The Labute approximate surface area is 176 Å². The van der Waals surface area contributed by atoms with Gasteiger partial charge in [0.15, 0.2) is 0 Å². The van der Waals surface area contributed by atoms with Crippen LogP contribution in [-0.4, -0.2) is 15.9 Å². The zero-order valence-electron chi connectivity index (χ0n) is 15.6. The number of aryl methyl sites for hydroxylation is 2. The summed E-state index contributed by atoms with van der Waals surface area (Å²) in [7, 11) is 0. The number of nitrogens with zero attached hydrogens (tertiary/aromatic N) is 3. The van der Waals surface area contributed by atoms with Crippen molar-refractivity contribution in [1.82, 2.24) is 9.66 Å². The number of halogens is 1. The van der Waals surface area contributed by atoms with E-state index >= 15 is 0 Å². The van der Waals surface area contributed by atoms with E-state index in [0.29, 0.717) is 0 Å². The topological polar surface area (TPSA) is 45.4 Å². The van der Waals surface area contributed by atoms with Crippen LogP contribution in [0.15, 0.2) is 80.7 Å². The molecule has 0 amide bonds. The predicted octanol–water partition coefficient (Wildman–Crippen LogP) is 6.04. The molecule has 6 heteroatoms. The molecule has 2 aromatic heterocycles. The molecule has 28 heavy (non-hydrogen) atoms. The lowest BCUT2D eigenvalue weighted by atomic mass is 10.1. The van der Waals surface area contributed by atoms with Gasteiger partial charge in [0.1, 0.15) is 0 Å². The molecule has 0 spiro atoms. The third-order valence-corrected chi connectivity index (χ3v) is 5.63. The van der Waals surface area contributed by atoms with Crippen molar-refractivity contribution >= 4 is 39.2 Å². The Morgan fingerprint density at radius 2 is 1.96 bits per heavy atom. The van der Waals surface area contributed by atoms with Gasteiger partial charge < -0.3 is 4.98 Å². The van der Waals surface area contributed by atoms with E-state index in [9.17, 15) is 0 Å². The molecule has 0 aliphatic heterocycles. The van der Waals surface area contributed by atoms with E-state index in [1.807, 2.05) is 41.4 Å². The predicted molar refractivity (Wildman–Crippen MR) is 120 cm³/mol. The number of hydrogen-bond acceptors (Lipinski definition) is 3. The summed E-state index contributed by atoms with van der Waals surface area (Å²) in [5.74, 6) is 0. The van der Waals surface area contributed by atoms with Gasteiger partial charge in [0.05, 0.1) is 23.3 Å². The summed E-state index contributed by atoms with van der Waals surface area (Å²) in [6, 6.07) is 18.5. The highest BCUT2D eigenvalue weighted by molar-refractivity contribution is 9.10. The Kier molecular flexibility index (Phi) is 5.41. The van der Waals surface area contributed by atoms with E-state index < -0.39 is 0 Å². The van der Waals surface area contributed by atoms with Gasteiger partial charge >= 0.3 is 0 Å². The fraction of sp³-hybridized carbons (Fsp3) is 0.0909. The Bertz CT molecular complexity index is 1200. The van der Waals surface area contributed by atoms with Gasteiger partial charge in [-0.25, -0.2) is 9.67 Å². The zero-order chi connectivity index (χ0) is 19.5. The molecule has 2 heterocycles. The lowest BCUT2D eigenvalue weighted by Crippen LogP contribution is -2.11. The fourth-order valence-corrected chi connectivity index (χ4v) is 4.07. The average molecular weight is 451 g/mol. The number of rotatable bonds is 4. The maximum absolute atomic E-state index is 4.92. The molecule has 0 aliphatic carbocycles. The number of H-pyrrole nitrogens is 1. The summed E-state index contributed by atoms with van der Waals surface area (Å²) in [6.07, 6.45) is 3.70. The number of thiazole rings is 1. The second-order valence-electron chi connectivity index (χ2n) is 6.50. The smallest absolute Gasteiger partial charge is 0.211 e. The van der Waals surface area contributed by atoms with E-state index in [-0.39, 0.29) is 0 Å². The van der Waals surface area contributed by atoms with Crippen molar-refractivity contribution in [1.29, 1.82) is 0 Å². The molecule has 0 saturated heterocycles.